The molecule has 3 atom stereocenters. The van der Waals surface area contributed by atoms with E-state index in [9.17, 15) is 4.79 Å². The Bertz CT molecular complexity index is 272. The first-order chi connectivity index (χ1) is 8.02. The number of hydrogen-bond acceptors (Lipinski definition) is 2. The van der Waals surface area contributed by atoms with Crippen LogP contribution in [0.15, 0.2) is 0 Å². The number of piperidine rings is 1. The number of amides is 1. The third-order valence-electron chi connectivity index (χ3n) is 4.43. The summed E-state index contributed by atoms with van der Waals surface area (Å²) < 4.78 is 0. The van der Waals surface area contributed by atoms with Gasteiger partial charge in [-0.2, -0.15) is 0 Å². The van der Waals surface area contributed by atoms with Gasteiger partial charge in [0.2, 0.25) is 6.41 Å². The largest absolute Gasteiger partial charge is 0.325 e. The second kappa shape index (κ2) is 4.97. The highest BCUT2D eigenvalue weighted by Gasteiger charge is 2.36. The molecule has 0 unspecified atom stereocenters. The molecule has 0 aromatic heterocycles. The molecule has 1 saturated heterocycles. The minimum Gasteiger partial charge on any atom is -0.325 e. The molecule has 3 heteroatoms. The lowest BCUT2D eigenvalue weighted by atomic mass is 9.74. The first kappa shape index (κ1) is 12.9. The minimum atomic E-state index is -0.0824. The van der Waals surface area contributed by atoms with Gasteiger partial charge in [0, 0.05) is 12.1 Å². The molecule has 1 aliphatic heterocycles. The summed E-state index contributed by atoms with van der Waals surface area (Å²) in [7, 11) is 0. The van der Waals surface area contributed by atoms with Gasteiger partial charge in [-0.3, -0.25) is 10.1 Å². The van der Waals surface area contributed by atoms with Gasteiger partial charge in [-0.25, -0.2) is 0 Å². The summed E-state index contributed by atoms with van der Waals surface area (Å²) >= 11 is 0. The molecule has 2 rings (SSSR count). The van der Waals surface area contributed by atoms with Crippen LogP contribution in [0.5, 0.6) is 0 Å². The highest BCUT2D eigenvalue weighted by Crippen LogP contribution is 2.36. The first-order valence-corrected chi connectivity index (χ1v) is 6.99. The number of nitrogens with zero attached hydrogens (tertiary/aromatic N) is 1. The van der Waals surface area contributed by atoms with Gasteiger partial charge >= 0.3 is 0 Å². The molecule has 1 aliphatic carbocycles. The highest BCUT2D eigenvalue weighted by atomic mass is 16.1. The molecule has 1 N–H and O–H groups in total. The molecule has 17 heavy (non-hydrogen) atoms. The molecule has 0 spiro atoms. The second-order valence-corrected chi connectivity index (χ2v) is 6.65. The van der Waals surface area contributed by atoms with Crippen molar-refractivity contribution < 1.29 is 4.79 Å². The molecule has 98 valence electrons. The van der Waals surface area contributed by atoms with Crippen molar-refractivity contribution in [3.8, 4) is 0 Å². The monoisotopic (exact) mass is 238 g/mol. The van der Waals surface area contributed by atoms with E-state index in [2.05, 4.69) is 26.1 Å². The third kappa shape index (κ3) is 2.82. The van der Waals surface area contributed by atoms with Crippen molar-refractivity contribution in [1.82, 2.24) is 10.2 Å². The molecule has 2 aliphatic rings. The molecule has 2 fully saturated rings. The summed E-state index contributed by atoms with van der Waals surface area (Å²) in [5, 5.41) is 3.57. The van der Waals surface area contributed by atoms with Gasteiger partial charge in [-0.15, -0.1) is 0 Å². The van der Waals surface area contributed by atoms with Crippen molar-refractivity contribution in [3.05, 3.63) is 0 Å². The van der Waals surface area contributed by atoms with Crippen molar-refractivity contribution in [2.45, 2.75) is 64.6 Å². The highest BCUT2D eigenvalue weighted by molar-refractivity contribution is 5.49. The molecule has 1 saturated carbocycles. The minimum absolute atomic E-state index is 0.0824. The normalized spacial score (nSPS) is 33.9. The summed E-state index contributed by atoms with van der Waals surface area (Å²) in [6.07, 6.45) is 7.91. The predicted octanol–water partition coefficient (Wildman–Crippen LogP) is 2.37. The van der Waals surface area contributed by atoms with E-state index in [1.165, 1.54) is 25.7 Å². The van der Waals surface area contributed by atoms with Crippen molar-refractivity contribution in [2.75, 3.05) is 6.54 Å². The van der Waals surface area contributed by atoms with E-state index in [4.69, 9.17) is 0 Å². The fraction of sp³-hybridized carbons (Fsp3) is 0.929. The van der Waals surface area contributed by atoms with Crippen LogP contribution in [0.1, 0.15) is 52.9 Å². The maximum absolute atomic E-state index is 11.3. The van der Waals surface area contributed by atoms with Crippen LogP contribution in [0.3, 0.4) is 0 Å². The smallest absolute Gasteiger partial charge is 0.211 e. The number of hydrogen-bond donors (Lipinski definition) is 1. The zero-order chi connectivity index (χ0) is 12.5. The maximum atomic E-state index is 11.3. The van der Waals surface area contributed by atoms with Crippen LogP contribution in [0, 0.1) is 11.8 Å². The van der Waals surface area contributed by atoms with Gasteiger partial charge < -0.3 is 4.90 Å². The summed E-state index contributed by atoms with van der Waals surface area (Å²) in [6, 6.07) is 0. The van der Waals surface area contributed by atoms with Gasteiger partial charge in [0.25, 0.3) is 0 Å². The van der Waals surface area contributed by atoms with Crippen molar-refractivity contribution in [3.63, 3.8) is 0 Å². The fourth-order valence-electron chi connectivity index (χ4n) is 3.43. The number of carbonyl (C=O) groups is 1. The molecule has 0 bridgehead atoms. The molecule has 3 nitrogen and oxygen atoms in total. The molecular weight excluding hydrogens is 212 g/mol. The second-order valence-electron chi connectivity index (χ2n) is 6.65. The van der Waals surface area contributed by atoms with Crippen LogP contribution in [0.2, 0.25) is 0 Å². The van der Waals surface area contributed by atoms with Crippen molar-refractivity contribution in [2.24, 2.45) is 11.8 Å². The Kier molecular flexibility index (Phi) is 3.76. The zero-order valence-electron chi connectivity index (χ0n) is 11.4. The van der Waals surface area contributed by atoms with Gasteiger partial charge in [0.15, 0.2) is 0 Å². The molecule has 1 amide bonds. The lowest BCUT2D eigenvalue weighted by molar-refractivity contribution is -0.128. The van der Waals surface area contributed by atoms with Crippen LogP contribution >= 0.6 is 0 Å². The van der Waals surface area contributed by atoms with E-state index >= 15 is 0 Å². The molecular formula is C14H26N2O. The van der Waals surface area contributed by atoms with E-state index in [-0.39, 0.29) is 11.7 Å². The molecule has 1 heterocycles. The van der Waals surface area contributed by atoms with Gasteiger partial charge in [-0.05, 0) is 45.4 Å². The zero-order valence-corrected chi connectivity index (χ0v) is 11.4. The standard InChI is InChI=1S/C14H26N2O/c1-14(2,3)16(10-17)13-8-11-6-4-5-7-12(11)9-15-13/h10-13,15H,4-9H2,1-3H3/t11-,12-,13-/m0/s1. The molecule has 0 aromatic rings. The SMILES string of the molecule is CC(C)(C)N(C=O)[C@H]1C[C@@H]2CCCC[C@H]2CN1. The Balaban J connectivity index is 2.01. The first-order valence-electron chi connectivity index (χ1n) is 6.99. The predicted molar refractivity (Wildman–Crippen MR) is 69.5 cm³/mol. The van der Waals surface area contributed by atoms with Gasteiger partial charge in [0.1, 0.15) is 0 Å². The van der Waals surface area contributed by atoms with Gasteiger partial charge in [0.05, 0.1) is 6.17 Å². The Hall–Kier alpha value is -0.570. The van der Waals surface area contributed by atoms with Crippen molar-refractivity contribution in [1.29, 1.82) is 0 Å². The van der Waals surface area contributed by atoms with E-state index in [1.807, 2.05) is 4.90 Å². The number of carbonyl (C=O) groups excluding carboxylic acids is 1. The summed E-state index contributed by atoms with van der Waals surface area (Å²) in [4.78, 5) is 13.3. The Morgan fingerprint density at radius 3 is 2.41 bits per heavy atom. The lowest BCUT2D eigenvalue weighted by Crippen LogP contribution is -2.58. The average molecular weight is 238 g/mol. The Labute approximate surface area is 105 Å². The average Bonchev–Trinajstić information content (AvgIpc) is 2.28. The van der Waals surface area contributed by atoms with E-state index in [0.29, 0.717) is 0 Å². The summed E-state index contributed by atoms with van der Waals surface area (Å²) in [5.74, 6) is 1.69. The van der Waals surface area contributed by atoms with Crippen LogP contribution in [0.25, 0.3) is 0 Å². The van der Waals surface area contributed by atoms with E-state index < -0.39 is 0 Å². The third-order valence-corrected chi connectivity index (χ3v) is 4.43. The molecule has 0 aromatic carbocycles. The van der Waals surface area contributed by atoms with Gasteiger partial charge in [-0.1, -0.05) is 19.3 Å². The number of nitrogens with one attached hydrogen (secondary N) is 1. The van der Waals surface area contributed by atoms with Crippen LogP contribution in [-0.4, -0.2) is 29.6 Å². The summed E-state index contributed by atoms with van der Waals surface area (Å²) in [5.41, 5.74) is -0.0824. The van der Waals surface area contributed by atoms with Crippen LogP contribution in [-0.2, 0) is 4.79 Å². The van der Waals surface area contributed by atoms with E-state index in [1.54, 1.807) is 0 Å². The van der Waals surface area contributed by atoms with Crippen molar-refractivity contribution >= 4 is 6.41 Å². The number of fused-ring (bicyclic) bond motifs is 1. The van der Waals surface area contributed by atoms with Crippen LogP contribution in [0.4, 0.5) is 0 Å². The summed E-state index contributed by atoms with van der Waals surface area (Å²) in [6.45, 7) is 7.41. The molecule has 0 radical (unpaired) electrons. The lowest BCUT2D eigenvalue weighted by Gasteiger charge is -2.46. The maximum Gasteiger partial charge on any atom is 0.211 e. The Morgan fingerprint density at radius 2 is 1.82 bits per heavy atom. The number of rotatable bonds is 2. The van der Waals surface area contributed by atoms with Crippen LogP contribution < -0.4 is 5.32 Å². The fourth-order valence-corrected chi connectivity index (χ4v) is 3.43. The quantitative estimate of drug-likeness (QED) is 0.749. The topological polar surface area (TPSA) is 32.3 Å². The Morgan fingerprint density at radius 1 is 1.18 bits per heavy atom. The van der Waals surface area contributed by atoms with E-state index in [0.717, 1.165) is 31.2 Å².